The van der Waals surface area contributed by atoms with Gasteiger partial charge in [-0.15, -0.1) is 0 Å². The number of aliphatic hydroxyl groups is 3. The van der Waals surface area contributed by atoms with Gasteiger partial charge in [0, 0.05) is 34.8 Å². The van der Waals surface area contributed by atoms with E-state index in [1.807, 2.05) is 0 Å². The molecule has 18 heteroatoms. The van der Waals surface area contributed by atoms with Crippen LogP contribution in [0.5, 0.6) is 0 Å². The molecule has 0 aromatic rings. The van der Waals surface area contributed by atoms with E-state index in [1.165, 1.54) is 0 Å². The van der Waals surface area contributed by atoms with Gasteiger partial charge in [0.2, 0.25) is 15.5 Å². The third-order valence-corrected chi connectivity index (χ3v) is 7.26. The van der Waals surface area contributed by atoms with E-state index in [0.29, 0.717) is 0 Å². The molecule has 10 atom stereocenters. The van der Waals surface area contributed by atoms with Crippen LogP contribution in [0, 0.1) is 0 Å². The van der Waals surface area contributed by atoms with Gasteiger partial charge in [-0.25, -0.2) is 13.1 Å². The zero-order chi connectivity index (χ0) is 29.7. The molecule has 2 fully saturated rings. The minimum Gasteiger partial charge on any atom is -0.463 e. The van der Waals surface area contributed by atoms with E-state index in [-0.39, 0.29) is 0 Å². The summed E-state index contributed by atoms with van der Waals surface area (Å²) in [5.74, 6) is -3.73. The Hall–Kier alpha value is -2.45. The number of esters is 4. The third kappa shape index (κ3) is 8.27. The molecule has 2 heterocycles. The highest BCUT2D eigenvalue weighted by Crippen LogP contribution is 2.32. The number of hydrogen-bond donors (Lipinski definition) is 4. The molecule has 0 saturated carbocycles. The molecule has 0 bridgehead atoms. The molecule has 39 heavy (non-hydrogen) atoms. The summed E-state index contributed by atoms with van der Waals surface area (Å²) in [6, 6.07) is -1.67. The van der Waals surface area contributed by atoms with E-state index in [9.17, 15) is 42.9 Å². The number of aliphatic hydroxyl groups excluding tert-OH is 3. The second-order valence-electron chi connectivity index (χ2n) is 8.70. The number of carbonyl (C=O) groups excluding carboxylic acids is 4. The van der Waals surface area contributed by atoms with Crippen molar-refractivity contribution in [2.45, 2.75) is 88.2 Å². The highest BCUT2D eigenvalue weighted by atomic mass is 32.2. The van der Waals surface area contributed by atoms with E-state index >= 15 is 0 Å². The van der Waals surface area contributed by atoms with E-state index in [0.717, 1.165) is 34.8 Å². The van der Waals surface area contributed by atoms with Gasteiger partial charge < -0.3 is 48.5 Å². The average molecular weight is 588 g/mol. The van der Waals surface area contributed by atoms with Crippen molar-refractivity contribution in [2.24, 2.45) is 0 Å². The van der Waals surface area contributed by atoms with Crippen LogP contribution in [0.25, 0.3) is 0 Å². The minimum atomic E-state index is -4.92. The third-order valence-electron chi connectivity index (χ3n) is 5.67. The molecule has 224 valence electrons. The fourth-order valence-electron chi connectivity index (χ4n) is 4.12. The summed E-state index contributed by atoms with van der Waals surface area (Å²) >= 11 is 0. The van der Waals surface area contributed by atoms with E-state index in [2.05, 4.69) is 4.72 Å². The van der Waals surface area contributed by atoms with Crippen molar-refractivity contribution in [3.8, 4) is 0 Å². The monoisotopic (exact) mass is 587 g/mol. The van der Waals surface area contributed by atoms with Crippen molar-refractivity contribution in [1.29, 1.82) is 0 Å². The van der Waals surface area contributed by atoms with Gasteiger partial charge in [0.25, 0.3) is 0 Å². The van der Waals surface area contributed by atoms with Gasteiger partial charge in [-0.1, -0.05) is 0 Å². The summed E-state index contributed by atoms with van der Waals surface area (Å²) < 4.78 is 65.5. The van der Waals surface area contributed by atoms with Gasteiger partial charge in [-0.3, -0.25) is 19.2 Å². The zero-order valence-electron chi connectivity index (χ0n) is 21.7. The minimum absolute atomic E-state index is 0.674. The second-order valence-corrected chi connectivity index (χ2v) is 10.5. The lowest BCUT2D eigenvalue weighted by atomic mass is 9.97. The predicted molar refractivity (Wildman–Crippen MR) is 123 cm³/mol. The number of sulfonamides is 1. The van der Waals surface area contributed by atoms with Crippen molar-refractivity contribution < 1.29 is 76.1 Å². The van der Waals surface area contributed by atoms with Crippen molar-refractivity contribution in [3.63, 3.8) is 0 Å². The molecular weight excluding hydrogens is 554 g/mol. The Morgan fingerprint density at radius 3 is 1.82 bits per heavy atom. The Labute approximate surface area is 223 Å². The quantitative estimate of drug-likeness (QED) is 0.143. The summed E-state index contributed by atoms with van der Waals surface area (Å²) in [5, 5.41) is 30.5. The molecule has 0 unspecified atom stereocenters. The maximum Gasteiger partial charge on any atom is 0.303 e. The highest BCUT2D eigenvalue weighted by molar-refractivity contribution is 7.90. The first kappa shape index (κ1) is 32.8. The molecule has 2 saturated heterocycles. The van der Waals surface area contributed by atoms with Crippen LogP contribution in [0.4, 0.5) is 0 Å². The number of hydrogen-bond acceptors (Lipinski definition) is 16. The van der Waals surface area contributed by atoms with Crippen LogP contribution < -0.4 is 4.72 Å². The molecule has 0 radical (unpaired) electrons. The lowest BCUT2D eigenvalue weighted by Gasteiger charge is -2.45. The molecule has 4 N–H and O–H groups in total. The van der Waals surface area contributed by atoms with E-state index in [4.69, 9.17) is 33.2 Å². The van der Waals surface area contributed by atoms with Gasteiger partial charge in [-0.2, -0.15) is 0 Å². The smallest absolute Gasteiger partial charge is 0.303 e. The first-order valence-electron chi connectivity index (χ1n) is 11.6. The molecule has 2 aliphatic rings. The fourth-order valence-corrected chi connectivity index (χ4v) is 5.78. The number of nitrogens with one attached hydrogen (secondary N) is 1. The fraction of sp³-hybridized carbons (Fsp3) is 0.810. The van der Waals surface area contributed by atoms with Gasteiger partial charge in [0.05, 0.1) is 12.6 Å². The predicted octanol–water partition coefficient (Wildman–Crippen LogP) is -3.56. The maximum absolute atomic E-state index is 13.6. The van der Waals surface area contributed by atoms with E-state index < -0.39 is 108 Å². The van der Waals surface area contributed by atoms with Crippen LogP contribution in [-0.4, -0.2) is 128 Å². The Morgan fingerprint density at radius 2 is 1.33 bits per heavy atom. The number of methoxy groups -OCH3 is 1. The molecule has 2 aliphatic heterocycles. The molecule has 0 amide bonds. The Balaban J connectivity index is 2.55. The normalized spacial score (nSPS) is 35.0. The SMILES string of the molecule is CO[C@H]1O[C@H](CO)[C@@H](NS(=O)(=O)[C@@H]2O[C@H](COC(C)=O)[C@@H](OC(C)=O)[C@H](OC(C)=O)[C@H]2OC(C)=O)[C@H](O)[C@H]1O. The Morgan fingerprint density at radius 1 is 0.795 bits per heavy atom. The average Bonchev–Trinajstić information content (AvgIpc) is 2.82. The summed E-state index contributed by atoms with van der Waals surface area (Å²) in [4.78, 5) is 47.1. The maximum atomic E-state index is 13.6. The van der Waals surface area contributed by atoms with Crippen LogP contribution >= 0.6 is 0 Å². The Bertz CT molecular complexity index is 1000. The van der Waals surface area contributed by atoms with Gasteiger partial charge in [0.15, 0.2) is 24.6 Å². The molecular formula is C21H33NO16S. The lowest BCUT2D eigenvalue weighted by Crippen LogP contribution is -2.69. The Kier molecular flexibility index (Phi) is 11.6. The molecule has 17 nitrogen and oxygen atoms in total. The topological polar surface area (TPSA) is 240 Å². The van der Waals surface area contributed by atoms with Crippen LogP contribution in [0.1, 0.15) is 27.7 Å². The number of ether oxygens (including phenoxy) is 7. The summed E-state index contributed by atoms with van der Waals surface area (Å²) in [6.45, 7) is 2.43. The summed E-state index contributed by atoms with van der Waals surface area (Å²) in [6.07, 6.45) is -13.3. The van der Waals surface area contributed by atoms with Gasteiger partial charge >= 0.3 is 23.9 Å². The first-order valence-corrected chi connectivity index (χ1v) is 13.1. The molecule has 2 rings (SSSR count). The van der Waals surface area contributed by atoms with E-state index in [1.54, 1.807) is 0 Å². The lowest BCUT2D eigenvalue weighted by molar-refractivity contribution is -0.270. The molecule has 0 aromatic carbocycles. The van der Waals surface area contributed by atoms with Crippen LogP contribution in [-0.2, 0) is 62.4 Å². The van der Waals surface area contributed by atoms with Crippen LogP contribution in [0.2, 0.25) is 0 Å². The van der Waals surface area contributed by atoms with Crippen LogP contribution in [0.3, 0.4) is 0 Å². The van der Waals surface area contributed by atoms with Crippen molar-refractivity contribution in [1.82, 2.24) is 4.72 Å². The second kappa shape index (κ2) is 13.8. The van der Waals surface area contributed by atoms with Crippen molar-refractivity contribution in [3.05, 3.63) is 0 Å². The number of rotatable bonds is 10. The molecule has 0 aromatic heterocycles. The van der Waals surface area contributed by atoms with Crippen LogP contribution in [0.15, 0.2) is 0 Å². The zero-order valence-corrected chi connectivity index (χ0v) is 22.6. The first-order chi connectivity index (χ1) is 18.1. The highest BCUT2D eigenvalue weighted by Gasteiger charge is 2.57. The summed E-state index contributed by atoms with van der Waals surface area (Å²) in [7, 11) is -3.77. The summed E-state index contributed by atoms with van der Waals surface area (Å²) in [5.41, 5.74) is -2.22. The van der Waals surface area contributed by atoms with Gasteiger partial charge in [0.1, 0.15) is 31.0 Å². The standard InChI is InChI=1S/C21H33NO16S/c1-8(24)33-7-13-17(34-9(2)25)18(35-10(3)26)19(36-11(4)27)21(38-13)39(30,31)22-14-12(6-23)37-20(32-5)16(29)15(14)28/h12-23,28-29H,6-7H2,1-5H3/t12-,13-,14-,15+,16-,17-,18+,19-,20+,21+/m1/s1. The number of carbonyl (C=O) groups is 4. The molecule has 0 aliphatic carbocycles. The van der Waals surface area contributed by atoms with Crippen molar-refractivity contribution >= 4 is 33.9 Å². The largest absolute Gasteiger partial charge is 0.463 e. The van der Waals surface area contributed by atoms with Gasteiger partial charge in [-0.05, 0) is 0 Å². The molecule has 0 spiro atoms. The van der Waals surface area contributed by atoms with Crippen molar-refractivity contribution in [2.75, 3.05) is 20.3 Å².